The molecule has 2 aromatic carbocycles. The van der Waals surface area contributed by atoms with Gasteiger partial charge >= 0.3 is 0 Å². The van der Waals surface area contributed by atoms with Gasteiger partial charge in [0.15, 0.2) is 0 Å². The van der Waals surface area contributed by atoms with Crippen molar-refractivity contribution >= 4 is 23.2 Å². The van der Waals surface area contributed by atoms with Crippen LogP contribution in [0.3, 0.4) is 0 Å². The molecule has 3 aliphatic heterocycles. The molecule has 0 aromatic heterocycles. The third-order valence-electron chi connectivity index (χ3n) is 7.08. The average molecular weight is 433 g/mol. The van der Waals surface area contributed by atoms with E-state index in [9.17, 15) is 9.59 Å². The van der Waals surface area contributed by atoms with Crippen molar-refractivity contribution in [2.24, 2.45) is 0 Å². The van der Waals surface area contributed by atoms with Crippen LogP contribution in [0, 0.1) is 0 Å². The SMILES string of the molecule is O=C(CCC(=O)N1CC2CCCN2c2ccccc21)N1CCN(Cc2ccccc2)CC1. The minimum atomic E-state index is 0.0695. The lowest BCUT2D eigenvalue weighted by atomic mass is 10.1. The molecule has 0 spiro atoms. The van der Waals surface area contributed by atoms with Gasteiger partial charge in [-0.3, -0.25) is 14.5 Å². The van der Waals surface area contributed by atoms with Crippen molar-refractivity contribution in [1.82, 2.24) is 9.80 Å². The van der Waals surface area contributed by atoms with Crippen LogP contribution in [0.5, 0.6) is 0 Å². The molecule has 2 fully saturated rings. The standard InChI is InChI=1S/C26H32N4O2/c31-25(28-17-15-27(16-18-28)19-21-7-2-1-3-8-21)12-13-26(32)30-20-22-9-6-14-29(22)23-10-4-5-11-24(23)30/h1-5,7-8,10-11,22H,6,9,12-20H2. The summed E-state index contributed by atoms with van der Waals surface area (Å²) in [6, 6.07) is 19.1. The summed E-state index contributed by atoms with van der Waals surface area (Å²) in [4.78, 5) is 34.6. The fraction of sp³-hybridized carbons (Fsp3) is 0.462. The van der Waals surface area contributed by atoms with Gasteiger partial charge in [-0.2, -0.15) is 0 Å². The summed E-state index contributed by atoms with van der Waals surface area (Å²) in [7, 11) is 0. The molecule has 2 amide bonds. The summed E-state index contributed by atoms with van der Waals surface area (Å²) < 4.78 is 0. The number of anilines is 2. The van der Waals surface area contributed by atoms with E-state index >= 15 is 0 Å². The van der Waals surface area contributed by atoms with Crippen LogP contribution in [-0.4, -0.2) is 66.9 Å². The Balaban J connectivity index is 1.13. The number of hydrogen-bond donors (Lipinski definition) is 0. The maximum atomic E-state index is 13.1. The molecule has 2 aromatic rings. The molecular weight excluding hydrogens is 400 g/mol. The van der Waals surface area contributed by atoms with Gasteiger partial charge in [0.1, 0.15) is 0 Å². The maximum absolute atomic E-state index is 13.1. The molecule has 0 N–H and O–H groups in total. The fourth-order valence-corrected chi connectivity index (χ4v) is 5.33. The zero-order chi connectivity index (χ0) is 21.9. The zero-order valence-electron chi connectivity index (χ0n) is 18.7. The molecule has 0 saturated carbocycles. The number of amides is 2. The Kier molecular flexibility index (Phi) is 6.12. The minimum Gasteiger partial charge on any atom is -0.365 e. The van der Waals surface area contributed by atoms with Gasteiger partial charge < -0.3 is 14.7 Å². The molecule has 2 saturated heterocycles. The van der Waals surface area contributed by atoms with E-state index in [1.807, 2.05) is 34.1 Å². The van der Waals surface area contributed by atoms with Crippen LogP contribution >= 0.6 is 0 Å². The lowest BCUT2D eigenvalue weighted by Crippen LogP contribution is -2.49. The van der Waals surface area contributed by atoms with E-state index in [4.69, 9.17) is 0 Å². The number of para-hydroxylation sites is 2. The Morgan fingerprint density at radius 1 is 0.781 bits per heavy atom. The molecule has 168 valence electrons. The smallest absolute Gasteiger partial charge is 0.227 e. The van der Waals surface area contributed by atoms with Crippen LogP contribution in [0.25, 0.3) is 0 Å². The molecule has 1 atom stereocenters. The van der Waals surface area contributed by atoms with Crippen LogP contribution in [0.15, 0.2) is 54.6 Å². The molecule has 3 aliphatic rings. The number of carbonyl (C=O) groups excluding carboxylic acids is 2. The molecule has 5 rings (SSSR count). The monoisotopic (exact) mass is 432 g/mol. The van der Waals surface area contributed by atoms with Gasteiger partial charge in [-0.15, -0.1) is 0 Å². The number of rotatable bonds is 5. The molecule has 3 heterocycles. The first-order chi connectivity index (χ1) is 15.7. The first-order valence-corrected chi connectivity index (χ1v) is 11.9. The quantitative estimate of drug-likeness (QED) is 0.728. The summed E-state index contributed by atoms with van der Waals surface area (Å²) in [6.07, 6.45) is 2.88. The highest BCUT2D eigenvalue weighted by molar-refractivity contribution is 5.99. The van der Waals surface area contributed by atoms with Crippen LogP contribution in [0.2, 0.25) is 0 Å². The molecule has 6 nitrogen and oxygen atoms in total. The number of benzene rings is 2. The van der Waals surface area contributed by atoms with Gasteiger partial charge in [0.2, 0.25) is 11.8 Å². The van der Waals surface area contributed by atoms with Gasteiger partial charge in [-0.1, -0.05) is 42.5 Å². The topological polar surface area (TPSA) is 47.1 Å². The Morgan fingerprint density at radius 3 is 2.25 bits per heavy atom. The second-order valence-corrected chi connectivity index (χ2v) is 9.13. The van der Waals surface area contributed by atoms with Crippen molar-refractivity contribution in [1.29, 1.82) is 0 Å². The highest BCUT2D eigenvalue weighted by atomic mass is 16.2. The Labute approximate surface area is 190 Å². The third-order valence-corrected chi connectivity index (χ3v) is 7.08. The maximum Gasteiger partial charge on any atom is 0.227 e. The molecule has 0 aliphatic carbocycles. The lowest BCUT2D eigenvalue weighted by Gasteiger charge is -2.40. The number of carbonyl (C=O) groups is 2. The third kappa shape index (κ3) is 4.37. The lowest BCUT2D eigenvalue weighted by molar-refractivity contribution is -0.134. The van der Waals surface area contributed by atoms with E-state index in [-0.39, 0.29) is 18.2 Å². The van der Waals surface area contributed by atoms with Gasteiger partial charge in [-0.25, -0.2) is 0 Å². The van der Waals surface area contributed by atoms with Crippen LogP contribution in [-0.2, 0) is 16.1 Å². The predicted molar refractivity (Wildman–Crippen MR) is 127 cm³/mol. The van der Waals surface area contributed by atoms with Crippen LogP contribution in [0.1, 0.15) is 31.2 Å². The van der Waals surface area contributed by atoms with E-state index in [0.717, 1.165) is 63.6 Å². The van der Waals surface area contributed by atoms with Crippen molar-refractivity contribution in [2.45, 2.75) is 38.3 Å². The first kappa shape index (κ1) is 21.0. The van der Waals surface area contributed by atoms with Crippen molar-refractivity contribution in [3.05, 3.63) is 60.2 Å². The van der Waals surface area contributed by atoms with E-state index in [1.54, 1.807) is 0 Å². The summed E-state index contributed by atoms with van der Waals surface area (Å²) in [5, 5.41) is 0. The number of fused-ring (bicyclic) bond motifs is 3. The number of hydrogen-bond acceptors (Lipinski definition) is 4. The van der Waals surface area contributed by atoms with E-state index in [2.05, 4.69) is 40.1 Å². The number of nitrogens with zero attached hydrogens (tertiary/aromatic N) is 4. The van der Waals surface area contributed by atoms with Crippen LogP contribution < -0.4 is 9.80 Å². The van der Waals surface area contributed by atoms with Crippen LogP contribution in [0.4, 0.5) is 11.4 Å². The zero-order valence-corrected chi connectivity index (χ0v) is 18.7. The predicted octanol–water partition coefficient (Wildman–Crippen LogP) is 3.13. The molecule has 0 bridgehead atoms. The molecule has 0 radical (unpaired) electrons. The second kappa shape index (κ2) is 9.33. The Bertz CT molecular complexity index is 955. The molecular formula is C26H32N4O2. The summed E-state index contributed by atoms with van der Waals surface area (Å²) in [5.74, 6) is 0.172. The first-order valence-electron chi connectivity index (χ1n) is 11.9. The largest absolute Gasteiger partial charge is 0.365 e. The fourth-order valence-electron chi connectivity index (χ4n) is 5.33. The summed E-state index contributed by atoms with van der Waals surface area (Å²) in [5.41, 5.74) is 3.47. The number of piperazine rings is 1. The average Bonchev–Trinajstić information content (AvgIpc) is 3.32. The summed E-state index contributed by atoms with van der Waals surface area (Å²) in [6.45, 7) is 5.97. The molecule has 32 heavy (non-hydrogen) atoms. The second-order valence-electron chi connectivity index (χ2n) is 9.13. The highest BCUT2D eigenvalue weighted by Gasteiger charge is 2.36. The normalized spacial score (nSPS) is 20.8. The van der Waals surface area contributed by atoms with E-state index in [1.165, 1.54) is 12.0 Å². The Morgan fingerprint density at radius 2 is 1.47 bits per heavy atom. The Hall–Kier alpha value is -2.86. The highest BCUT2D eigenvalue weighted by Crippen LogP contribution is 2.39. The van der Waals surface area contributed by atoms with Crippen molar-refractivity contribution < 1.29 is 9.59 Å². The van der Waals surface area contributed by atoms with Gasteiger partial charge in [0.05, 0.1) is 11.4 Å². The van der Waals surface area contributed by atoms with Crippen molar-refractivity contribution in [3.8, 4) is 0 Å². The van der Waals surface area contributed by atoms with E-state index in [0.29, 0.717) is 12.5 Å². The molecule has 6 heteroatoms. The van der Waals surface area contributed by atoms with E-state index < -0.39 is 0 Å². The van der Waals surface area contributed by atoms with Gasteiger partial charge in [-0.05, 0) is 30.5 Å². The van der Waals surface area contributed by atoms with Crippen molar-refractivity contribution in [2.75, 3.05) is 49.1 Å². The van der Waals surface area contributed by atoms with Gasteiger partial charge in [0.25, 0.3) is 0 Å². The van der Waals surface area contributed by atoms with Gasteiger partial charge in [0, 0.05) is 64.7 Å². The molecule has 1 unspecified atom stereocenters. The van der Waals surface area contributed by atoms with Crippen molar-refractivity contribution in [3.63, 3.8) is 0 Å². The summed E-state index contributed by atoms with van der Waals surface area (Å²) >= 11 is 0. The minimum absolute atomic E-state index is 0.0695.